The van der Waals surface area contributed by atoms with Gasteiger partial charge in [-0.3, -0.25) is 5.41 Å². The van der Waals surface area contributed by atoms with Crippen LogP contribution in [-0.2, 0) is 7.67 Å². The third-order valence-electron chi connectivity index (χ3n) is 0. The maximum absolute atomic E-state index is 8.82. The zero-order valence-corrected chi connectivity index (χ0v) is 5.99. The molecule has 10 heavy (non-hydrogen) atoms. The van der Waals surface area contributed by atoms with Gasteiger partial charge < -0.3 is 11.5 Å². The first-order chi connectivity index (χ1) is 3.73. The van der Waals surface area contributed by atoms with Gasteiger partial charge in [0.05, 0.1) is 0 Å². The van der Waals surface area contributed by atoms with Crippen molar-refractivity contribution in [1.82, 2.24) is 0 Å². The van der Waals surface area contributed by atoms with E-state index >= 15 is 0 Å². The van der Waals surface area contributed by atoms with Gasteiger partial charge in [0.2, 0.25) is 0 Å². The van der Waals surface area contributed by atoms with Crippen LogP contribution in [0, 0.1) is 5.41 Å². The predicted octanol–water partition coefficient (Wildman–Crippen LogP) is -4.08. The largest absolute Gasteiger partial charge is 0.187 e. The molecule has 0 radical (unpaired) electrons. The third kappa shape index (κ3) is 14700. The Bertz CT molecular complexity index is 163. The summed E-state index contributed by atoms with van der Waals surface area (Å²) >= 11 is -5.25. The molecule has 62 valence electrons. The van der Waals surface area contributed by atoms with Gasteiger partial charge in [0, 0.05) is 0 Å². The molecule has 0 aliphatic rings. The molecule has 9 heteroatoms. The van der Waals surface area contributed by atoms with Crippen molar-refractivity contribution in [3.8, 4) is 0 Å². The van der Waals surface area contributed by atoms with E-state index in [1.807, 2.05) is 0 Å². The standard InChI is InChI=1S/CH5N3.Al.H2O4Se.3H/c2-1(3)4;;1-5(2,3)4;;;/h(H5,2,3,4);;(H2,1,2,3,4);;;. The normalized spacial score (nSPS) is 8.20. The molecule has 0 heterocycles. The molecule has 0 rings (SSSR count). The van der Waals surface area contributed by atoms with Crippen molar-refractivity contribution in [2.45, 2.75) is 0 Å². The van der Waals surface area contributed by atoms with Gasteiger partial charge in [0.1, 0.15) is 0 Å². The number of nitrogens with one attached hydrogen (secondary N) is 1. The molecule has 0 amide bonds. The van der Waals surface area contributed by atoms with Crippen LogP contribution < -0.4 is 11.5 Å². The molecule has 0 spiro atoms. The van der Waals surface area contributed by atoms with Crippen LogP contribution in [0.2, 0.25) is 0 Å². The molecule has 0 aromatic rings. The number of rotatable bonds is 0. The molecule has 0 fully saturated rings. The van der Waals surface area contributed by atoms with E-state index in [0.717, 1.165) is 0 Å². The Morgan fingerprint density at radius 2 is 1.30 bits per heavy atom. The molecule has 0 aliphatic heterocycles. The number of hydrogen-bond acceptors (Lipinski definition) is 3. The van der Waals surface area contributed by atoms with Crippen LogP contribution in [-0.4, -0.2) is 45.1 Å². The quantitative estimate of drug-likeness (QED) is 0.163. The molecule has 0 bridgehead atoms. The minimum Gasteiger partial charge on any atom is 0.187 e. The van der Waals surface area contributed by atoms with Gasteiger partial charge >= 0.3 is 29.4 Å². The van der Waals surface area contributed by atoms with E-state index in [-0.39, 0.29) is 23.3 Å². The first kappa shape index (κ1) is 16.4. The molecule has 0 atom stereocenters. The Labute approximate surface area is 69.9 Å². The smallest absolute Gasteiger partial charge is 0.187 e. The van der Waals surface area contributed by atoms with Crippen molar-refractivity contribution in [3.05, 3.63) is 0 Å². The first-order valence-corrected chi connectivity index (χ1v) is 4.46. The predicted molar refractivity (Wildman–Crippen MR) is 37.6 cm³/mol. The Morgan fingerprint density at radius 3 is 1.30 bits per heavy atom. The summed E-state index contributed by atoms with van der Waals surface area (Å²) < 4.78 is 31.9. The summed E-state index contributed by atoms with van der Waals surface area (Å²) in [6.45, 7) is 0. The SMILES string of the molecule is N=C(N)N.O=[Se](=O)(O)O.[AlH3]. The fourth-order valence-corrected chi connectivity index (χ4v) is 0. The van der Waals surface area contributed by atoms with Crippen LogP contribution in [0.4, 0.5) is 0 Å². The molecule has 0 unspecified atom stereocenters. The molecule has 0 saturated heterocycles. The summed E-state index contributed by atoms with van der Waals surface area (Å²) in [5, 5.41) is 6.06. The first-order valence-electron chi connectivity index (χ1n) is 1.53. The van der Waals surface area contributed by atoms with Gasteiger partial charge in [0.15, 0.2) is 23.3 Å². The molecule has 7 nitrogen and oxygen atoms in total. The van der Waals surface area contributed by atoms with Gasteiger partial charge in [-0.25, -0.2) is 0 Å². The maximum atomic E-state index is 8.82. The van der Waals surface area contributed by atoms with E-state index in [1.54, 1.807) is 0 Å². The molecule has 0 saturated carbocycles. The van der Waals surface area contributed by atoms with E-state index < -0.39 is 13.4 Å². The number of hydrogen-bond donors (Lipinski definition) is 5. The van der Waals surface area contributed by atoms with Gasteiger partial charge in [-0.15, -0.1) is 0 Å². The Balaban J connectivity index is -0.0000000910. The Kier molecular flexibility index (Phi) is 11.4. The van der Waals surface area contributed by atoms with Crippen molar-refractivity contribution in [2.75, 3.05) is 0 Å². The zero-order chi connectivity index (χ0) is 8.08. The second-order valence-electron chi connectivity index (χ2n) is 0.903. The monoisotopic (exact) mass is 235 g/mol. The second-order valence-corrected chi connectivity index (χ2v) is 2.78. The topological polar surface area (TPSA) is 150 Å². The number of guanidine groups is 1. The van der Waals surface area contributed by atoms with Crippen molar-refractivity contribution in [3.63, 3.8) is 0 Å². The average Bonchev–Trinajstić information content (AvgIpc) is 1.19. The van der Waals surface area contributed by atoms with Crippen LogP contribution in [0.25, 0.3) is 0 Å². The summed E-state index contributed by atoms with van der Waals surface area (Å²) in [7, 11) is 0. The van der Waals surface area contributed by atoms with E-state index in [1.165, 1.54) is 0 Å². The van der Waals surface area contributed by atoms with Crippen molar-refractivity contribution >= 4 is 36.7 Å². The van der Waals surface area contributed by atoms with E-state index in [4.69, 9.17) is 21.5 Å². The van der Waals surface area contributed by atoms with E-state index in [0.29, 0.717) is 0 Å². The summed E-state index contributed by atoms with van der Waals surface area (Å²) in [6.07, 6.45) is 0. The van der Waals surface area contributed by atoms with Crippen molar-refractivity contribution in [2.24, 2.45) is 11.5 Å². The summed E-state index contributed by atoms with van der Waals surface area (Å²) in [6, 6.07) is 0. The van der Waals surface area contributed by atoms with Gasteiger partial charge in [-0.2, -0.15) is 0 Å². The fourth-order valence-electron chi connectivity index (χ4n) is 0. The van der Waals surface area contributed by atoms with Crippen LogP contribution in [0.3, 0.4) is 0 Å². The van der Waals surface area contributed by atoms with Crippen molar-refractivity contribution < 1.29 is 16.0 Å². The van der Waals surface area contributed by atoms with E-state index in [9.17, 15) is 0 Å². The fraction of sp³-hybridized carbons (Fsp3) is 0. The Hall–Kier alpha value is -0.158. The molecule has 0 aromatic heterocycles. The minimum absolute atomic E-state index is 0. The van der Waals surface area contributed by atoms with Gasteiger partial charge in [0.25, 0.3) is 0 Å². The molecular formula is CH10AlN3O4Se. The van der Waals surface area contributed by atoms with Crippen LogP contribution in [0.1, 0.15) is 0 Å². The summed E-state index contributed by atoms with van der Waals surface area (Å²) in [4.78, 5) is 0. The average molecular weight is 234 g/mol. The maximum Gasteiger partial charge on any atom is 0.187 e. The summed E-state index contributed by atoms with van der Waals surface area (Å²) in [5.74, 6) is -0.333. The summed E-state index contributed by atoms with van der Waals surface area (Å²) in [5.41, 5.74) is 8.94. The van der Waals surface area contributed by atoms with Crippen LogP contribution in [0.5, 0.6) is 0 Å². The van der Waals surface area contributed by atoms with Crippen LogP contribution in [0.15, 0.2) is 0 Å². The van der Waals surface area contributed by atoms with Crippen LogP contribution >= 0.6 is 0 Å². The van der Waals surface area contributed by atoms with Gasteiger partial charge in [-0.1, -0.05) is 0 Å². The molecule has 0 aromatic carbocycles. The zero-order valence-electron chi connectivity index (χ0n) is 4.27. The van der Waals surface area contributed by atoms with E-state index in [2.05, 4.69) is 11.5 Å². The third-order valence-corrected chi connectivity index (χ3v) is 0. The molecule has 0 aliphatic carbocycles. The molecule has 7 N–H and O–H groups in total. The minimum atomic E-state index is -5.25. The second kappa shape index (κ2) is 6.96. The van der Waals surface area contributed by atoms with Crippen molar-refractivity contribution in [1.29, 1.82) is 5.41 Å². The molecular weight excluding hydrogens is 224 g/mol. The van der Waals surface area contributed by atoms with Gasteiger partial charge in [-0.05, 0) is 0 Å². The Morgan fingerprint density at radius 1 is 1.30 bits per heavy atom. The number of nitrogens with two attached hydrogens (primary N) is 2.